The smallest absolute Gasteiger partial charge is 0.387 e. The summed E-state index contributed by atoms with van der Waals surface area (Å²) in [4.78, 5) is 25.7. The van der Waals surface area contributed by atoms with E-state index in [0.29, 0.717) is 6.07 Å². The molecule has 0 saturated carbocycles. The first kappa shape index (κ1) is 18.8. The summed E-state index contributed by atoms with van der Waals surface area (Å²) in [5.41, 5.74) is 0.526. The van der Waals surface area contributed by atoms with Crippen molar-refractivity contribution in [3.63, 3.8) is 0 Å². The number of carboxylic acid groups (broad SMARTS) is 1. The molecule has 1 aliphatic heterocycles. The second-order valence-corrected chi connectivity index (χ2v) is 6.19. The lowest BCUT2D eigenvalue weighted by Gasteiger charge is -2.18. The number of carbonyl (C=O) groups excluding carboxylic acids is 1. The topological polar surface area (TPSA) is 66.8 Å². The first-order valence-corrected chi connectivity index (χ1v) is 8.18. The van der Waals surface area contributed by atoms with Crippen LogP contribution in [0.5, 0.6) is 5.75 Å². The minimum absolute atomic E-state index is 0.0841. The molecule has 0 unspecified atom stereocenters. The molecule has 1 N–H and O–H groups in total. The molecule has 2 atom stereocenters. The number of nitrogens with zero attached hydrogens (tertiary/aromatic N) is 1. The van der Waals surface area contributed by atoms with Crippen molar-refractivity contribution in [3.8, 4) is 5.75 Å². The zero-order chi connectivity index (χ0) is 19.6. The van der Waals surface area contributed by atoms with Gasteiger partial charge in [-0.3, -0.25) is 9.59 Å². The Morgan fingerprint density at radius 1 is 1.11 bits per heavy atom. The van der Waals surface area contributed by atoms with Gasteiger partial charge < -0.3 is 14.7 Å². The van der Waals surface area contributed by atoms with Gasteiger partial charge in [0.05, 0.1) is 11.5 Å². The molecule has 0 radical (unpaired) electrons. The number of hydrogen-bond donors (Lipinski definition) is 1. The maximum absolute atomic E-state index is 13.4. The minimum Gasteiger partial charge on any atom is -0.481 e. The van der Waals surface area contributed by atoms with E-state index in [1.165, 1.54) is 4.90 Å². The largest absolute Gasteiger partial charge is 0.481 e. The standard InChI is InChI=1S/C19H16F3NO4/c20-12-6-7-13(16(8-12)27-19(21)22)17(24)23-9-14(15(10-23)18(25)26)11-4-2-1-3-5-11/h1-8,14-15,19H,9-10H2,(H,25,26)/t14-,15+/m0/s1. The maximum atomic E-state index is 13.4. The van der Waals surface area contributed by atoms with Crippen LogP contribution in [-0.4, -0.2) is 41.6 Å². The number of carbonyl (C=O) groups is 2. The molecule has 1 amide bonds. The highest BCUT2D eigenvalue weighted by Crippen LogP contribution is 2.35. The number of alkyl halides is 2. The number of benzene rings is 2. The molecule has 1 saturated heterocycles. The molecular weight excluding hydrogens is 363 g/mol. The van der Waals surface area contributed by atoms with Gasteiger partial charge >= 0.3 is 12.6 Å². The summed E-state index contributed by atoms with van der Waals surface area (Å²) in [5.74, 6) is -4.42. The van der Waals surface area contributed by atoms with Crippen molar-refractivity contribution in [1.82, 2.24) is 4.90 Å². The van der Waals surface area contributed by atoms with Crippen LogP contribution in [0.25, 0.3) is 0 Å². The molecule has 27 heavy (non-hydrogen) atoms. The minimum atomic E-state index is -3.22. The molecule has 0 aliphatic carbocycles. The summed E-state index contributed by atoms with van der Waals surface area (Å²) in [5, 5.41) is 9.51. The fourth-order valence-electron chi connectivity index (χ4n) is 3.29. The number of halogens is 3. The Bertz CT molecular complexity index is 844. The van der Waals surface area contributed by atoms with Crippen molar-refractivity contribution < 1.29 is 32.6 Å². The normalized spacial score (nSPS) is 19.3. The average molecular weight is 379 g/mol. The number of aliphatic carboxylic acids is 1. The number of rotatable bonds is 5. The van der Waals surface area contributed by atoms with Crippen LogP contribution >= 0.6 is 0 Å². The molecule has 0 bridgehead atoms. The molecule has 2 aromatic carbocycles. The van der Waals surface area contributed by atoms with E-state index >= 15 is 0 Å². The van der Waals surface area contributed by atoms with Crippen molar-refractivity contribution in [2.24, 2.45) is 5.92 Å². The van der Waals surface area contributed by atoms with Crippen molar-refractivity contribution in [2.45, 2.75) is 12.5 Å². The summed E-state index contributed by atoms with van der Waals surface area (Å²) in [6.07, 6.45) is 0. The third kappa shape index (κ3) is 4.05. The number of carboxylic acids is 1. The molecule has 1 heterocycles. The van der Waals surface area contributed by atoms with Gasteiger partial charge in [-0.15, -0.1) is 0 Å². The summed E-state index contributed by atoms with van der Waals surface area (Å²) < 4.78 is 42.8. The zero-order valence-corrected chi connectivity index (χ0v) is 14.0. The van der Waals surface area contributed by atoms with Gasteiger partial charge in [-0.1, -0.05) is 30.3 Å². The maximum Gasteiger partial charge on any atom is 0.387 e. The molecule has 8 heteroatoms. The lowest BCUT2D eigenvalue weighted by atomic mass is 9.89. The van der Waals surface area contributed by atoms with E-state index in [9.17, 15) is 27.9 Å². The van der Waals surface area contributed by atoms with Gasteiger partial charge in [0.2, 0.25) is 0 Å². The third-order valence-electron chi connectivity index (χ3n) is 4.54. The summed E-state index contributed by atoms with van der Waals surface area (Å²) in [6, 6.07) is 11.6. The highest BCUT2D eigenvalue weighted by molar-refractivity contribution is 5.97. The quantitative estimate of drug-likeness (QED) is 0.865. The second-order valence-electron chi connectivity index (χ2n) is 6.19. The van der Waals surface area contributed by atoms with E-state index in [-0.39, 0.29) is 18.7 Å². The Kier molecular flexibility index (Phi) is 5.34. The van der Waals surface area contributed by atoms with Gasteiger partial charge in [-0.2, -0.15) is 8.78 Å². The van der Waals surface area contributed by atoms with E-state index in [1.54, 1.807) is 30.3 Å². The van der Waals surface area contributed by atoms with E-state index in [2.05, 4.69) is 4.74 Å². The Labute approximate surface area is 153 Å². The summed E-state index contributed by atoms with van der Waals surface area (Å²) >= 11 is 0. The molecular formula is C19H16F3NO4. The lowest BCUT2D eigenvalue weighted by Crippen LogP contribution is -2.30. The van der Waals surface area contributed by atoms with Gasteiger partial charge in [-0.25, -0.2) is 4.39 Å². The van der Waals surface area contributed by atoms with Gasteiger partial charge in [0.1, 0.15) is 11.6 Å². The van der Waals surface area contributed by atoms with E-state index < -0.39 is 41.9 Å². The van der Waals surface area contributed by atoms with E-state index in [4.69, 9.17) is 0 Å². The molecule has 0 aromatic heterocycles. The van der Waals surface area contributed by atoms with Crippen LogP contribution in [0.2, 0.25) is 0 Å². The number of amides is 1. The van der Waals surface area contributed by atoms with Crippen LogP contribution < -0.4 is 4.74 Å². The second kappa shape index (κ2) is 7.69. The predicted molar refractivity (Wildman–Crippen MR) is 89.2 cm³/mol. The first-order chi connectivity index (χ1) is 12.9. The molecule has 142 valence electrons. The average Bonchev–Trinajstić information content (AvgIpc) is 3.07. The third-order valence-corrected chi connectivity index (χ3v) is 4.54. The Hall–Kier alpha value is -3.03. The van der Waals surface area contributed by atoms with E-state index in [1.807, 2.05) is 0 Å². The van der Waals surface area contributed by atoms with Crippen LogP contribution in [0, 0.1) is 11.7 Å². The summed E-state index contributed by atoms with van der Waals surface area (Å²) in [6.45, 7) is -3.20. The fourth-order valence-corrected chi connectivity index (χ4v) is 3.29. The lowest BCUT2D eigenvalue weighted by molar-refractivity contribution is -0.141. The molecule has 5 nitrogen and oxygen atoms in total. The molecule has 1 aliphatic rings. The highest BCUT2D eigenvalue weighted by Gasteiger charge is 2.41. The molecule has 0 spiro atoms. The Balaban J connectivity index is 1.89. The van der Waals surface area contributed by atoms with Crippen molar-refractivity contribution in [3.05, 3.63) is 65.5 Å². The zero-order valence-electron chi connectivity index (χ0n) is 14.0. The van der Waals surface area contributed by atoms with Crippen molar-refractivity contribution >= 4 is 11.9 Å². The van der Waals surface area contributed by atoms with Crippen LogP contribution in [0.1, 0.15) is 21.8 Å². The van der Waals surface area contributed by atoms with Crippen LogP contribution in [0.4, 0.5) is 13.2 Å². The molecule has 2 aromatic rings. The Morgan fingerprint density at radius 2 is 1.81 bits per heavy atom. The van der Waals surface area contributed by atoms with Gasteiger partial charge in [0.15, 0.2) is 0 Å². The van der Waals surface area contributed by atoms with Gasteiger partial charge in [0, 0.05) is 25.1 Å². The summed E-state index contributed by atoms with van der Waals surface area (Å²) in [7, 11) is 0. The first-order valence-electron chi connectivity index (χ1n) is 8.18. The van der Waals surface area contributed by atoms with Crippen LogP contribution in [-0.2, 0) is 4.79 Å². The number of likely N-dealkylation sites (tertiary alicyclic amines) is 1. The van der Waals surface area contributed by atoms with Gasteiger partial charge in [0.25, 0.3) is 5.91 Å². The van der Waals surface area contributed by atoms with E-state index in [0.717, 1.165) is 17.7 Å². The van der Waals surface area contributed by atoms with Crippen LogP contribution in [0.15, 0.2) is 48.5 Å². The Morgan fingerprint density at radius 3 is 2.44 bits per heavy atom. The fraction of sp³-hybridized carbons (Fsp3) is 0.263. The van der Waals surface area contributed by atoms with Crippen molar-refractivity contribution in [1.29, 1.82) is 0 Å². The van der Waals surface area contributed by atoms with Crippen LogP contribution in [0.3, 0.4) is 0 Å². The molecule has 3 rings (SSSR count). The number of ether oxygens (including phenoxy) is 1. The SMILES string of the molecule is O=C(O)[C@@H]1CN(C(=O)c2ccc(F)cc2OC(F)F)C[C@H]1c1ccccc1. The van der Waals surface area contributed by atoms with Crippen molar-refractivity contribution in [2.75, 3.05) is 13.1 Å². The predicted octanol–water partition coefficient (Wildman–Crippen LogP) is 3.37. The monoisotopic (exact) mass is 379 g/mol. The number of hydrogen-bond acceptors (Lipinski definition) is 3. The molecule has 1 fully saturated rings. The van der Waals surface area contributed by atoms with Gasteiger partial charge in [-0.05, 0) is 17.7 Å². The highest BCUT2D eigenvalue weighted by atomic mass is 19.3.